The highest BCUT2D eigenvalue weighted by molar-refractivity contribution is 5.98. The van der Waals surface area contributed by atoms with Crippen LogP contribution in [0.1, 0.15) is 0 Å². The smallest absolute Gasteiger partial charge is 0.125 e. The molecule has 1 aliphatic heterocycles. The van der Waals surface area contributed by atoms with Gasteiger partial charge in [0.25, 0.3) is 0 Å². The highest BCUT2D eigenvalue weighted by Crippen LogP contribution is 2.21. The molecule has 0 atom stereocenters. The van der Waals surface area contributed by atoms with Crippen molar-refractivity contribution >= 4 is 21.5 Å². The van der Waals surface area contributed by atoms with Gasteiger partial charge in [0.1, 0.15) is 25.0 Å². The molecule has 0 saturated heterocycles. The fourth-order valence-electron chi connectivity index (χ4n) is 2.31. The molecule has 0 aliphatic carbocycles. The van der Waals surface area contributed by atoms with Gasteiger partial charge >= 0.3 is 0 Å². The second kappa shape index (κ2) is 9.54. The zero-order chi connectivity index (χ0) is 17.9. The quantitative estimate of drug-likeness (QED) is 0.428. The maximum atomic E-state index is 4.58. The predicted octanol–water partition coefficient (Wildman–Crippen LogP) is 4.84. The van der Waals surface area contributed by atoms with E-state index in [9.17, 15) is 0 Å². The van der Waals surface area contributed by atoms with Crippen molar-refractivity contribution in [2.45, 2.75) is 0 Å². The van der Waals surface area contributed by atoms with Crippen molar-refractivity contribution < 1.29 is 9.47 Å². The van der Waals surface area contributed by atoms with Crippen LogP contribution >= 0.6 is 0 Å². The van der Waals surface area contributed by atoms with Gasteiger partial charge < -0.3 is 9.47 Å². The van der Waals surface area contributed by atoms with Gasteiger partial charge in [-0.05, 0) is 45.0 Å². The second-order valence-electron chi connectivity index (χ2n) is 5.17. The summed E-state index contributed by atoms with van der Waals surface area (Å²) in [6.07, 6.45) is 8.99. The van der Waals surface area contributed by atoms with Crippen molar-refractivity contribution in [1.82, 2.24) is 15.4 Å². The number of rotatable bonds is 0. The fraction of sp³-hybridized carbons (Fsp3) is 0. The molecule has 0 radical (unpaired) electrons. The molecule has 1 aromatic heterocycles. The molecule has 0 amide bonds. The van der Waals surface area contributed by atoms with E-state index in [4.69, 9.17) is 0 Å². The molecule has 0 spiro atoms. The summed E-state index contributed by atoms with van der Waals surface area (Å²) in [6.45, 7) is 0. The van der Waals surface area contributed by atoms with Crippen LogP contribution in [-0.4, -0.2) is 15.4 Å². The third-order valence-electron chi connectivity index (χ3n) is 3.45. The number of hydrogen-bond acceptors (Lipinski definition) is 5. The lowest BCUT2D eigenvalue weighted by Crippen LogP contribution is -1.78. The van der Waals surface area contributed by atoms with E-state index in [2.05, 4.69) is 85.5 Å². The second-order valence-corrected chi connectivity index (χ2v) is 5.17. The molecule has 128 valence electrons. The van der Waals surface area contributed by atoms with Crippen LogP contribution in [0, 0.1) is 0 Å². The molecular formula is C21H17N3O2. The van der Waals surface area contributed by atoms with Crippen LogP contribution in [-0.2, 0) is 9.47 Å². The minimum Gasteiger partial charge on any atom is -0.466 e. The number of aromatic nitrogens is 3. The Morgan fingerprint density at radius 2 is 0.885 bits per heavy atom. The lowest BCUT2D eigenvalue weighted by Gasteiger charge is -2.00. The first-order valence-corrected chi connectivity index (χ1v) is 8.00. The van der Waals surface area contributed by atoms with E-state index < -0.39 is 0 Å². The molecule has 0 saturated carbocycles. The lowest BCUT2D eigenvalue weighted by molar-refractivity contribution is 0.290. The zero-order valence-electron chi connectivity index (χ0n) is 14.0. The minimum atomic E-state index is 1.31. The van der Waals surface area contributed by atoms with Crippen LogP contribution in [0.3, 0.4) is 0 Å². The average molecular weight is 343 g/mol. The molecular weight excluding hydrogens is 326 g/mol. The summed E-state index contributed by atoms with van der Waals surface area (Å²) in [5.41, 5.74) is 0. The van der Waals surface area contributed by atoms with Gasteiger partial charge in [0, 0.05) is 0 Å². The van der Waals surface area contributed by atoms with Crippen LogP contribution < -0.4 is 0 Å². The van der Waals surface area contributed by atoms with Gasteiger partial charge in [0.2, 0.25) is 0 Å². The largest absolute Gasteiger partial charge is 0.466 e. The third kappa shape index (κ3) is 5.14. The van der Waals surface area contributed by atoms with Crippen molar-refractivity contribution in [2.75, 3.05) is 0 Å². The summed E-state index contributed by atoms with van der Waals surface area (Å²) in [4.78, 5) is 0. The Bertz CT molecular complexity index is 850. The van der Waals surface area contributed by atoms with Crippen LogP contribution in [0.2, 0.25) is 0 Å². The Balaban J connectivity index is 0.000000135. The lowest BCUT2D eigenvalue weighted by atomic mass is 10.0. The van der Waals surface area contributed by atoms with E-state index in [1.807, 2.05) is 0 Å². The Morgan fingerprint density at radius 1 is 0.500 bits per heavy atom. The van der Waals surface area contributed by atoms with Crippen molar-refractivity contribution in [3.05, 3.63) is 104 Å². The van der Waals surface area contributed by atoms with Gasteiger partial charge in [0.05, 0.1) is 12.4 Å². The van der Waals surface area contributed by atoms with Crippen LogP contribution in [0.4, 0.5) is 0 Å². The molecule has 5 rings (SSSR count). The maximum absolute atomic E-state index is 4.58. The molecule has 1 aliphatic rings. The van der Waals surface area contributed by atoms with Gasteiger partial charge in [-0.25, -0.2) is 0 Å². The van der Waals surface area contributed by atoms with E-state index in [-0.39, 0.29) is 0 Å². The summed E-state index contributed by atoms with van der Waals surface area (Å²) in [5.74, 6) is 0. The normalized spacial score (nSPS) is 11.4. The van der Waals surface area contributed by atoms with Gasteiger partial charge in [-0.1, -0.05) is 48.5 Å². The molecule has 26 heavy (non-hydrogen) atoms. The minimum absolute atomic E-state index is 1.31. The van der Waals surface area contributed by atoms with Crippen molar-refractivity contribution in [3.63, 3.8) is 0 Å². The van der Waals surface area contributed by atoms with Crippen molar-refractivity contribution in [1.29, 1.82) is 0 Å². The summed E-state index contributed by atoms with van der Waals surface area (Å²) >= 11 is 0. The topological polar surface area (TPSA) is 57.1 Å². The van der Waals surface area contributed by atoms with Crippen LogP contribution in [0.5, 0.6) is 0 Å². The number of benzene rings is 3. The Morgan fingerprint density at radius 3 is 1.12 bits per heavy atom. The van der Waals surface area contributed by atoms with Crippen LogP contribution in [0.15, 0.2) is 104 Å². The van der Waals surface area contributed by atoms with E-state index in [1.54, 1.807) is 18.5 Å². The highest BCUT2D eigenvalue weighted by atomic mass is 16.5. The molecule has 4 aromatic rings. The first-order chi connectivity index (χ1) is 12.9. The van der Waals surface area contributed by atoms with Gasteiger partial charge in [0.15, 0.2) is 0 Å². The summed E-state index contributed by atoms with van der Waals surface area (Å²) in [6, 6.07) is 23.1. The van der Waals surface area contributed by atoms with E-state index >= 15 is 0 Å². The molecule has 2 heterocycles. The van der Waals surface area contributed by atoms with E-state index in [0.717, 1.165) is 0 Å². The number of fused-ring (bicyclic) bond motifs is 2. The van der Waals surface area contributed by atoms with Crippen LogP contribution in [0.25, 0.3) is 21.5 Å². The first kappa shape index (κ1) is 17.1. The average Bonchev–Trinajstić information content (AvgIpc) is 2.75. The van der Waals surface area contributed by atoms with Crippen molar-refractivity contribution in [3.8, 4) is 0 Å². The molecule has 0 bridgehead atoms. The third-order valence-corrected chi connectivity index (χ3v) is 3.45. The molecule has 5 nitrogen and oxygen atoms in total. The van der Waals surface area contributed by atoms with Gasteiger partial charge in [-0.15, -0.1) is 10.2 Å². The Kier molecular flexibility index (Phi) is 6.27. The SMILES string of the molecule is C1=COC=CO1.c1ccc2cc3ccccc3cc2c1.c1cnnnc1. The maximum Gasteiger partial charge on any atom is 0.125 e. The zero-order valence-corrected chi connectivity index (χ0v) is 14.0. The standard InChI is InChI=1S/C14H10.C4H4O2.C3H3N3/c1-2-6-12-10-14-8-4-3-7-13(14)9-11(12)5-1;1-2-6-4-3-5-1;1-2-4-6-5-3-1/h1-10H;1-4H;1-3H. The molecule has 0 N–H and O–H groups in total. The summed E-state index contributed by atoms with van der Waals surface area (Å²) in [7, 11) is 0. The van der Waals surface area contributed by atoms with Gasteiger partial charge in [-0.2, -0.15) is 0 Å². The van der Waals surface area contributed by atoms with Gasteiger partial charge in [-0.3, -0.25) is 0 Å². The molecule has 5 heteroatoms. The summed E-state index contributed by atoms with van der Waals surface area (Å²) in [5, 5.41) is 15.4. The Hall–Kier alpha value is -3.73. The fourth-order valence-corrected chi connectivity index (χ4v) is 2.31. The summed E-state index contributed by atoms with van der Waals surface area (Å²) < 4.78 is 9.17. The van der Waals surface area contributed by atoms with E-state index in [0.29, 0.717) is 0 Å². The van der Waals surface area contributed by atoms with E-state index in [1.165, 1.54) is 46.6 Å². The monoisotopic (exact) mass is 343 g/mol. The highest BCUT2D eigenvalue weighted by Gasteiger charge is 1.95. The molecule has 3 aromatic carbocycles. The number of hydrogen-bond donors (Lipinski definition) is 0. The number of ether oxygens (including phenoxy) is 2. The Labute approximate surface area is 151 Å². The first-order valence-electron chi connectivity index (χ1n) is 8.00. The molecule has 0 fully saturated rings. The van der Waals surface area contributed by atoms with Crippen molar-refractivity contribution in [2.24, 2.45) is 0 Å². The number of nitrogens with zero attached hydrogens (tertiary/aromatic N) is 3. The molecule has 0 unspecified atom stereocenters. The predicted molar refractivity (Wildman–Crippen MR) is 102 cm³/mol.